The summed E-state index contributed by atoms with van der Waals surface area (Å²) in [4.78, 5) is 9.15. The Balaban J connectivity index is 0.000000110. The third kappa shape index (κ3) is 17.0. The van der Waals surface area contributed by atoms with Crippen molar-refractivity contribution in [3.63, 3.8) is 0 Å². The van der Waals surface area contributed by atoms with Gasteiger partial charge in [-0.05, 0) is 325 Å². The monoisotopic (exact) mass is 1610 g/mol. The Morgan fingerprint density at radius 2 is 0.592 bits per heavy atom. The lowest BCUT2D eigenvalue weighted by Crippen LogP contribution is -2.38. The fourth-order valence-corrected chi connectivity index (χ4v) is 34.1. The van der Waals surface area contributed by atoms with Crippen molar-refractivity contribution in [1.29, 1.82) is 0 Å². The number of aryl methyl sites for hydroxylation is 12. The molecule has 0 unspecified atom stereocenters. The van der Waals surface area contributed by atoms with Gasteiger partial charge < -0.3 is 0 Å². The molecule has 12 heterocycles. The zero-order chi connectivity index (χ0) is 73.0. The lowest BCUT2D eigenvalue weighted by atomic mass is 9.69. The molecular formula is C88H113F3S12. The highest BCUT2D eigenvalue weighted by atomic mass is 32.1. The molecule has 0 nitrogen and oxygen atoms in total. The number of hydrogen-bond donors (Lipinski definition) is 0. The number of rotatable bonds is 8. The van der Waals surface area contributed by atoms with E-state index in [1.165, 1.54) is 208 Å². The molecule has 0 saturated heterocycles. The molecule has 6 aliphatic rings. The second-order valence-corrected chi connectivity index (χ2v) is 46.3. The van der Waals surface area contributed by atoms with Crippen LogP contribution in [0.3, 0.4) is 0 Å². The summed E-state index contributed by atoms with van der Waals surface area (Å²) in [5, 5.41) is 13.8. The Hall–Kier alpha value is -2.25. The molecule has 0 N–H and O–H groups in total. The van der Waals surface area contributed by atoms with E-state index in [2.05, 4.69) is 136 Å². The van der Waals surface area contributed by atoms with E-state index in [4.69, 9.17) is 0 Å². The first-order valence-electron chi connectivity index (χ1n) is 39.0. The van der Waals surface area contributed by atoms with Crippen LogP contribution in [-0.2, 0) is 12.8 Å². The zero-order valence-electron chi connectivity index (χ0n) is 64.5. The Bertz CT molecular complexity index is 4800. The van der Waals surface area contributed by atoms with Gasteiger partial charge in [-0.2, -0.15) is 13.2 Å². The maximum Gasteiger partial charge on any atom is 0.394 e. The van der Waals surface area contributed by atoms with Crippen LogP contribution in [0.15, 0.2) is 32.3 Å². The van der Waals surface area contributed by atoms with Crippen LogP contribution in [0.4, 0.5) is 13.2 Å². The van der Waals surface area contributed by atoms with E-state index in [1.54, 1.807) is 122 Å². The van der Waals surface area contributed by atoms with Crippen molar-refractivity contribution in [2.75, 3.05) is 0 Å². The van der Waals surface area contributed by atoms with E-state index in [1.807, 2.05) is 113 Å². The maximum atomic E-state index is 13.1. The lowest BCUT2D eigenvalue weighted by molar-refractivity contribution is -0.228. The predicted octanol–water partition coefficient (Wildman–Crippen LogP) is 34.9. The third-order valence-electron chi connectivity index (χ3n) is 25.0. The summed E-state index contributed by atoms with van der Waals surface area (Å²) in [5.41, 5.74) is 18.1. The summed E-state index contributed by atoms with van der Waals surface area (Å²) in [6, 6.07) is 0. The Kier molecular flexibility index (Phi) is 25.2. The van der Waals surface area contributed by atoms with Crippen LogP contribution >= 0.6 is 136 Å². The second kappa shape index (κ2) is 33.0. The highest BCUT2D eigenvalue weighted by Crippen LogP contribution is 2.56. The van der Waals surface area contributed by atoms with Gasteiger partial charge in [0, 0.05) is 85.7 Å². The fourth-order valence-electron chi connectivity index (χ4n) is 18.5. The highest BCUT2D eigenvalue weighted by molar-refractivity contribution is 7.30. The van der Waals surface area contributed by atoms with Crippen molar-refractivity contribution in [2.24, 2.45) is 22.2 Å². The SMILES string of the molecule is Cc1sc2c(C)csc2c1C1CCC(C)(C(F)(F)F)CC1.Cc1sc2c(C)csc2c1C1CCC(C)(C)CC1.Cc1sc2c(C)csc2c1C1CCCC1.Cc1sc2c(C)csc2c1C1CCCCC1.Cc1sc2c(C)csc2c1CC1(C)CCCC1.Cc1sc2c(C)csc2c1CC1CCCC1. The van der Waals surface area contributed by atoms with Gasteiger partial charge in [0.05, 0.1) is 5.41 Å². The first-order chi connectivity index (χ1) is 49.1. The Morgan fingerprint density at radius 3 is 0.951 bits per heavy atom. The van der Waals surface area contributed by atoms with E-state index >= 15 is 0 Å². The zero-order valence-corrected chi connectivity index (χ0v) is 74.3. The van der Waals surface area contributed by atoms with Crippen LogP contribution in [0.1, 0.15) is 308 Å². The van der Waals surface area contributed by atoms with Gasteiger partial charge in [0.1, 0.15) is 0 Å². The molecule has 0 amide bonds. The summed E-state index contributed by atoms with van der Waals surface area (Å²) in [5.74, 6) is 3.83. The van der Waals surface area contributed by atoms with E-state index in [-0.39, 0.29) is 12.8 Å². The van der Waals surface area contributed by atoms with Gasteiger partial charge in [0.25, 0.3) is 0 Å². The summed E-state index contributed by atoms with van der Waals surface area (Å²) in [7, 11) is 0. The Morgan fingerprint density at radius 1 is 0.311 bits per heavy atom. The van der Waals surface area contributed by atoms with E-state index in [9.17, 15) is 13.2 Å². The average molecular weight is 1610 g/mol. The molecule has 15 heteroatoms. The first-order valence-corrected chi connectivity index (χ1v) is 49.1. The van der Waals surface area contributed by atoms with Crippen LogP contribution < -0.4 is 0 Å². The summed E-state index contributed by atoms with van der Waals surface area (Å²) < 4.78 is 57.8. The van der Waals surface area contributed by atoms with Gasteiger partial charge in [-0.25, -0.2) is 0 Å². The molecule has 6 aliphatic carbocycles. The van der Waals surface area contributed by atoms with Crippen LogP contribution in [0.5, 0.6) is 0 Å². The van der Waals surface area contributed by atoms with Gasteiger partial charge >= 0.3 is 6.18 Å². The van der Waals surface area contributed by atoms with Crippen LogP contribution in [0, 0.1) is 105 Å². The normalized spacial score (nSPS) is 20.6. The van der Waals surface area contributed by atoms with Crippen molar-refractivity contribution < 1.29 is 13.2 Å². The molecule has 103 heavy (non-hydrogen) atoms. The molecule has 0 radical (unpaired) electrons. The Labute approximate surface area is 663 Å². The molecular weight excluding hydrogens is 1500 g/mol. The largest absolute Gasteiger partial charge is 0.394 e. The number of fused-ring (bicyclic) bond motifs is 6. The molecule has 6 saturated carbocycles. The third-order valence-corrected chi connectivity index (χ3v) is 40.2. The molecule has 12 aromatic heterocycles. The van der Waals surface area contributed by atoms with E-state index < -0.39 is 11.6 Å². The van der Waals surface area contributed by atoms with E-state index in [0.29, 0.717) is 29.6 Å². The van der Waals surface area contributed by atoms with Gasteiger partial charge in [-0.15, -0.1) is 136 Å². The van der Waals surface area contributed by atoms with Gasteiger partial charge in [0.15, 0.2) is 0 Å². The maximum absolute atomic E-state index is 13.1. The molecule has 0 spiro atoms. The van der Waals surface area contributed by atoms with Crippen molar-refractivity contribution >= 4 is 192 Å². The number of alkyl halides is 3. The van der Waals surface area contributed by atoms with Gasteiger partial charge in [-0.3, -0.25) is 0 Å². The quantitative estimate of drug-likeness (QED) is 0.142. The van der Waals surface area contributed by atoms with Crippen molar-refractivity contribution in [2.45, 2.75) is 314 Å². The van der Waals surface area contributed by atoms with Crippen molar-refractivity contribution in [3.8, 4) is 0 Å². The average Bonchev–Trinajstić information content (AvgIpc) is 1.79. The molecule has 6 fully saturated rings. The number of halogens is 3. The minimum Gasteiger partial charge on any atom is -0.171 e. The summed E-state index contributed by atoms with van der Waals surface area (Å²) >= 11 is 23.4. The number of hydrogen-bond acceptors (Lipinski definition) is 12. The second-order valence-electron chi connectivity index (χ2n) is 33.7. The topological polar surface area (TPSA) is 0 Å². The summed E-state index contributed by atoms with van der Waals surface area (Å²) in [6.07, 6.45) is 30.4. The molecule has 0 aromatic carbocycles. The molecule has 558 valence electrons. The van der Waals surface area contributed by atoms with E-state index in [0.717, 1.165) is 23.7 Å². The molecule has 0 aliphatic heterocycles. The van der Waals surface area contributed by atoms with Crippen molar-refractivity contribution in [1.82, 2.24) is 0 Å². The predicted molar refractivity (Wildman–Crippen MR) is 468 cm³/mol. The highest BCUT2D eigenvalue weighted by Gasteiger charge is 2.52. The lowest BCUT2D eigenvalue weighted by Gasteiger charge is -2.38. The molecule has 0 bridgehead atoms. The minimum atomic E-state index is -4.07. The fraction of sp³-hybridized carbons (Fsp3) is 0.591. The van der Waals surface area contributed by atoms with Gasteiger partial charge in [0.2, 0.25) is 0 Å². The smallest absolute Gasteiger partial charge is 0.171 e. The molecule has 0 atom stereocenters. The van der Waals surface area contributed by atoms with Crippen LogP contribution in [-0.4, -0.2) is 6.18 Å². The first kappa shape index (κ1) is 78.9. The standard InChI is InChI=1S/C16H19F3S2.C16H22S2.C15H20S2.2C14H18S2.C13H16S2/c1-9-8-20-14-12(10(2)21-13(9)14)11-4-6-15(3,7-5-11)16(17,18)19;1-10-9-17-15-13(11(2)18-14(10)15)12-5-7-16(3,4)8-6-12;1-10-9-16-14-12(11(2)17-13(10)14)8-15(3)6-4-5-7-15;1-9-8-15-14-12(10(2)16-13(9)14)7-11-5-3-4-6-11;1-9-8-15-14-12(10(2)16-13(9)14)11-6-4-3-5-7-11;1-8-7-14-13-11(9(2)15-12(8)13)10-5-3-4-6-10/h8,11H,4-7H2,1-3H3;9,12H,5-8H2,1-4H3;9H,4-8H2,1-3H3;2*8,11H,3-7H2,1-2H3;7,10H,3-6H2,1-2H3. The van der Waals surface area contributed by atoms with Crippen LogP contribution in [0.25, 0.3) is 56.4 Å². The molecule has 18 rings (SSSR count). The number of thiophene rings is 12. The van der Waals surface area contributed by atoms with Crippen molar-refractivity contribution in [3.05, 3.63) is 128 Å². The van der Waals surface area contributed by atoms with Crippen LogP contribution in [0.2, 0.25) is 0 Å². The van der Waals surface area contributed by atoms with Gasteiger partial charge in [-0.1, -0.05) is 98.3 Å². The minimum absolute atomic E-state index is 0.252. The molecule has 12 aromatic rings. The summed E-state index contributed by atoms with van der Waals surface area (Å²) in [6.45, 7) is 35.8.